The summed E-state index contributed by atoms with van der Waals surface area (Å²) >= 11 is 0. The van der Waals surface area contributed by atoms with E-state index in [1.807, 2.05) is 6.92 Å². The molecule has 2 N–H and O–H groups in total. The summed E-state index contributed by atoms with van der Waals surface area (Å²) in [6.45, 7) is 13.6. The van der Waals surface area contributed by atoms with E-state index < -0.39 is 14.3 Å². The molecule has 0 saturated heterocycles. The SMILES string of the molecule is C[C@@H](Nc1ccn2ncc(C(=O)O)c2n1)c1cc(F)ccc1OCCO[Si](C)(C)C(C)(C)C. The molecule has 33 heavy (non-hydrogen) atoms. The average Bonchev–Trinajstić information content (AvgIpc) is 3.14. The lowest BCUT2D eigenvalue weighted by Gasteiger charge is -2.36. The van der Waals surface area contributed by atoms with E-state index in [2.05, 4.69) is 49.3 Å². The maximum Gasteiger partial charge on any atom is 0.341 e. The number of hydrogen-bond acceptors (Lipinski definition) is 6. The van der Waals surface area contributed by atoms with Gasteiger partial charge >= 0.3 is 5.97 Å². The number of aromatic carboxylic acids is 1. The average molecular weight is 475 g/mol. The number of carboxylic acid groups (broad SMARTS) is 1. The molecule has 0 amide bonds. The highest BCUT2D eigenvalue weighted by Gasteiger charge is 2.36. The Kier molecular flexibility index (Phi) is 7.08. The molecule has 0 fully saturated rings. The zero-order valence-corrected chi connectivity index (χ0v) is 20.8. The number of benzene rings is 1. The maximum absolute atomic E-state index is 14.0. The molecule has 0 radical (unpaired) electrons. The molecule has 0 aliphatic heterocycles. The molecule has 8 nitrogen and oxygen atoms in total. The van der Waals surface area contributed by atoms with Crippen molar-refractivity contribution in [3.63, 3.8) is 0 Å². The van der Waals surface area contributed by atoms with Crippen molar-refractivity contribution in [3.05, 3.63) is 53.6 Å². The molecule has 2 aromatic heterocycles. The molecule has 0 saturated carbocycles. The van der Waals surface area contributed by atoms with Gasteiger partial charge in [0.05, 0.1) is 18.8 Å². The first kappa shape index (κ1) is 24.7. The fraction of sp³-hybridized carbons (Fsp3) is 0.435. The summed E-state index contributed by atoms with van der Waals surface area (Å²) in [5.41, 5.74) is 0.844. The highest BCUT2D eigenvalue weighted by atomic mass is 28.4. The Morgan fingerprint density at radius 1 is 1.27 bits per heavy atom. The van der Waals surface area contributed by atoms with Gasteiger partial charge in [-0.2, -0.15) is 5.10 Å². The minimum absolute atomic E-state index is 0.00260. The van der Waals surface area contributed by atoms with E-state index in [1.165, 1.54) is 22.8 Å². The first-order valence-corrected chi connectivity index (χ1v) is 13.7. The fourth-order valence-corrected chi connectivity index (χ4v) is 4.08. The van der Waals surface area contributed by atoms with Crippen LogP contribution in [0.25, 0.3) is 5.65 Å². The monoisotopic (exact) mass is 474 g/mol. The number of carboxylic acids is 1. The molecule has 3 aromatic rings. The van der Waals surface area contributed by atoms with Gasteiger partial charge in [0.25, 0.3) is 0 Å². The number of ether oxygens (including phenoxy) is 1. The van der Waals surface area contributed by atoms with Gasteiger partial charge in [0, 0.05) is 11.8 Å². The van der Waals surface area contributed by atoms with E-state index in [0.717, 1.165) is 0 Å². The lowest BCUT2D eigenvalue weighted by Crippen LogP contribution is -2.41. The summed E-state index contributed by atoms with van der Waals surface area (Å²) in [4.78, 5) is 15.7. The Bertz CT molecular complexity index is 1140. The first-order valence-electron chi connectivity index (χ1n) is 10.8. The Morgan fingerprint density at radius 2 is 2.00 bits per heavy atom. The number of nitrogens with zero attached hydrogens (tertiary/aromatic N) is 3. The zero-order chi connectivity index (χ0) is 24.4. The van der Waals surface area contributed by atoms with Crippen LogP contribution in [0.3, 0.4) is 0 Å². The lowest BCUT2D eigenvalue weighted by molar-refractivity contribution is 0.0698. The van der Waals surface area contributed by atoms with Gasteiger partial charge in [0.1, 0.15) is 29.6 Å². The van der Waals surface area contributed by atoms with Gasteiger partial charge in [-0.25, -0.2) is 18.7 Å². The Morgan fingerprint density at radius 3 is 2.67 bits per heavy atom. The fourth-order valence-electron chi connectivity index (χ4n) is 3.05. The lowest BCUT2D eigenvalue weighted by atomic mass is 10.1. The Hall–Kier alpha value is -2.98. The second kappa shape index (κ2) is 9.48. The number of anilines is 1. The summed E-state index contributed by atoms with van der Waals surface area (Å²) in [7, 11) is -1.88. The van der Waals surface area contributed by atoms with Gasteiger partial charge in [-0.1, -0.05) is 20.8 Å². The number of rotatable bonds is 9. The van der Waals surface area contributed by atoms with Crippen LogP contribution in [0.4, 0.5) is 10.2 Å². The predicted molar refractivity (Wildman–Crippen MR) is 127 cm³/mol. The van der Waals surface area contributed by atoms with E-state index in [4.69, 9.17) is 9.16 Å². The normalized spacial score (nSPS) is 13.2. The molecule has 0 spiro atoms. The number of fused-ring (bicyclic) bond motifs is 1. The van der Waals surface area contributed by atoms with Crippen molar-refractivity contribution in [2.45, 2.75) is 51.9 Å². The van der Waals surface area contributed by atoms with Crippen LogP contribution in [-0.2, 0) is 4.43 Å². The summed E-state index contributed by atoms with van der Waals surface area (Å²) in [5, 5.41) is 16.6. The van der Waals surface area contributed by atoms with Crippen molar-refractivity contribution in [1.29, 1.82) is 0 Å². The smallest absolute Gasteiger partial charge is 0.341 e. The second-order valence-electron chi connectivity index (χ2n) is 9.45. The predicted octanol–water partition coefficient (Wildman–Crippen LogP) is 5.14. The van der Waals surface area contributed by atoms with Crippen LogP contribution in [0.5, 0.6) is 5.75 Å². The first-order chi connectivity index (χ1) is 15.4. The third kappa shape index (κ3) is 5.69. The molecule has 0 aliphatic carbocycles. The molecular weight excluding hydrogens is 443 g/mol. The van der Waals surface area contributed by atoms with Gasteiger partial charge in [0.2, 0.25) is 0 Å². The second-order valence-corrected chi connectivity index (χ2v) is 14.3. The van der Waals surface area contributed by atoms with Gasteiger partial charge in [-0.05, 0) is 49.3 Å². The molecule has 10 heteroatoms. The molecule has 3 rings (SSSR count). The summed E-state index contributed by atoms with van der Waals surface area (Å²) in [6.07, 6.45) is 2.87. The highest BCUT2D eigenvalue weighted by Crippen LogP contribution is 2.36. The van der Waals surface area contributed by atoms with Crippen LogP contribution in [0.15, 0.2) is 36.7 Å². The number of aromatic nitrogens is 3. The van der Waals surface area contributed by atoms with Crippen LogP contribution >= 0.6 is 0 Å². The standard InChI is InChI=1S/C23H31FN4O4Si/c1-15(26-20-9-10-28-21(27-20)18(14-25-28)22(29)30)17-13-16(24)7-8-19(17)31-11-12-32-33(5,6)23(2,3)4/h7-10,13-15H,11-12H2,1-6H3,(H,26,27)(H,29,30)/t15-/m1/s1. The summed E-state index contributed by atoms with van der Waals surface area (Å²) in [5.74, 6) is -0.499. The summed E-state index contributed by atoms with van der Waals surface area (Å²) in [6, 6.07) is 5.70. The van der Waals surface area contributed by atoms with Crippen molar-refractivity contribution in [2.24, 2.45) is 0 Å². The Balaban J connectivity index is 1.72. The van der Waals surface area contributed by atoms with Crippen molar-refractivity contribution in [2.75, 3.05) is 18.5 Å². The van der Waals surface area contributed by atoms with Crippen LogP contribution in [0.1, 0.15) is 49.7 Å². The minimum Gasteiger partial charge on any atom is -0.491 e. The van der Waals surface area contributed by atoms with Crippen LogP contribution in [0, 0.1) is 5.82 Å². The quantitative estimate of drug-likeness (QED) is 0.327. The summed E-state index contributed by atoms with van der Waals surface area (Å²) < 4.78 is 27.5. The maximum atomic E-state index is 14.0. The molecule has 0 bridgehead atoms. The van der Waals surface area contributed by atoms with Gasteiger partial charge in [-0.15, -0.1) is 0 Å². The van der Waals surface area contributed by atoms with Crippen LogP contribution in [-0.4, -0.2) is 47.2 Å². The largest absolute Gasteiger partial charge is 0.491 e. The third-order valence-electron chi connectivity index (χ3n) is 6.01. The van der Waals surface area contributed by atoms with E-state index in [1.54, 1.807) is 18.3 Å². The topological polar surface area (TPSA) is 98.0 Å². The Labute approximate surface area is 193 Å². The molecule has 0 aliphatic rings. The van der Waals surface area contributed by atoms with E-state index >= 15 is 0 Å². The number of halogens is 1. The van der Waals surface area contributed by atoms with Crippen LogP contribution < -0.4 is 10.1 Å². The van der Waals surface area contributed by atoms with Crippen molar-refractivity contribution >= 4 is 25.8 Å². The van der Waals surface area contributed by atoms with Gasteiger partial charge in [-0.3, -0.25) is 0 Å². The third-order valence-corrected chi connectivity index (χ3v) is 10.6. The molecule has 2 heterocycles. The molecular formula is C23H31FN4O4Si. The van der Waals surface area contributed by atoms with Crippen molar-refractivity contribution in [1.82, 2.24) is 14.6 Å². The van der Waals surface area contributed by atoms with E-state index in [-0.39, 0.29) is 28.1 Å². The molecule has 178 valence electrons. The van der Waals surface area contributed by atoms with E-state index in [9.17, 15) is 14.3 Å². The molecule has 0 unspecified atom stereocenters. The highest BCUT2D eigenvalue weighted by molar-refractivity contribution is 6.74. The number of nitrogens with one attached hydrogen (secondary N) is 1. The number of carbonyl (C=O) groups is 1. The zero-order valence-electron chi connectivity index (χ0n) is 19.8. The number of hydrogen-bond donors (Lipinski definition) is 2. The van der Waals surface area contributed by atoms with Crippen LogP contribution in [0.2, 0.25) is 18.1 Å². The van der Waals surface area contributed by atoms with E-state index in [0.29, 0.717) is 30.3 Å². The molecule has 1 atom stereocenters. The van der Waals surface area contributed by atoms with Crippen molar-refractivity contribution < 1.29 is 23.5 Å². The van der Waals surface area contributed by atoms with Crippen molar-refractivity contribution in [3.8, 4) is 5.75 Å². The molecule has 1 aromatic carbocycles. The van der Waals surface area contributed by atoms with Gasteiger partial charge in [0.15, 0.2) is 14.0 Å². The minimum atomic E-state index is -1.88. The van der Waals surface area contributed by atoms with Gasteiger partial charge < -0.3 is 19.6 Å².